The summed E-state index contributed by atoms with van der Waals surface area (Å²) in [5.41, 5.74) is 4.35. The highest BCUT2D eigenvalue weighted by molar-refractivity contribution is 5.68. The number of aromatic nitrogens is 5. The number of fused-ring (bicyclic) bond motifs is 1. The van der Waals surface area contributed by atoms with Crippen molar-refractivity contribution in [2.24, 2.45) is 0 Å². The highest BCUT2D eigenvalue weighted by Crippen LogP contribution is 2.32. The number of nitrogens with one attached hydrogen (secondary N) is 1. The summed E-state index contributed by atoms with van der Waals surface area (Å²) in [5.74, 6) is 0.163. The molecule has 34 heavy (non-hydrogen) atoms. The molecule has 3 aromatic heterocycles. The number of nitrogens with zero attached hydrogens (tertiary/aromatic N) is 6. The minimum Gasteiger partial charge on any atom is -0.471 e. The number of halogens is 1. The number of pyridine rings is 1. The SMILES string of the molecule is Cc1c(-c2cc(O[C@H](C)c3ccc(F)cc3)n3c(C#N)cnc3c2)nnn1C1CCCNCC1. The van der Waals surface area contributed by atoms with Gasteiger partial charge in [0.25, 0.3) is 0 Å². The van der Waals surface area contributed by atoms with E-state index in [4.69, 9.17) is 4.74 Å². The molecule has 1 N–H and O–H groups in total. The van der Waals surface area contributed by atoms with Crippen LogP contribution in [0.3, 0.4) is 0 Å². The lowest BCUT2D eigenvalue weighted by Crippen LogP contribution is -2.16. The van der Waals surface area contributed by atoms with E-state index in [9.17, 15) is 9.65 Å². The molecular formula is C25H26FN7O. The van der Waals surface area contributed by atoms with Gasteiger partial charge >= 0.3 is 0 Å². The van der Waals surface area contributed by atoms with Crippen LogP contribution in [0, 0.1) is 24.1 Å². The minimum absolute atomic E-state index is 0.301. The molecule has 1 aliphatic rings. The Balaban J connectivity index is 1.54. The first-order valence-electron chi connectivity index (χ1n) is 11.5. The van der Waals surface area contributed by atoms with Crippen molar-refractivity contribution < 1.29 is 9.13 Å². The summed E-state index contributed by atoms with van der Waals surface area (Å²) in [6.45, 7) is 5.92. The quantitative estimate of drug-likeness (QED) is 0.477. The normalized spacial score (nSPS) is 17.3. The largest absolute Gasteiger partial charge is 0.471 e. The Hall–Kier alpha value is -3.77. The predicted molar refractivity (Wildman–Crippen MR) is 125 cm³/mol. The average molecular weight is 460 g/mol. The van der Waals surface area contributed by atoms with Crippen LogP contribution in [0.2, 0.25) is 0 Å². The third-order valence-electron chi connectivity index (χ3n) is 6.42. The van der Waals surface area contributed by atoms with E-state index >= 15 is 0 Å². The van der Waals surface area contributed by atoms with Gasteiger partial charge in [-0.05, 0) is 70.0 Å². The third kappa shape index (κ3) is 4.13. The number of hydrogen-bond acceptors (Lipinski definition) is 6. The highest BCUT2D eigenvalue weighted by Gasteiger charge is 2.22. The van der Waals surface area contributed by atoms with E-state index < -0.39 is 0 Å². The van der Waals surface area contributed by atoms with Crippen molar-refractivity contribution in [3.8, 4) is 23.2 Å². The molecule has 0 saturated carbocycles. The molecule has 0 spiro atoms. The van der Waals surface area contributed by atoms with Gasteiger partial charge in [-0.15, -0.1) is 5.10 Å². The molecule has 4 heterocycles. The maximum atomic E-state index is 13.4. The van der Waals surface area contributed by atoms with E-state index in [1.54, 1.807) is 16.5 Å². The molecule has 5 rings (SSSR count). The Kier molecular flexibility index (Phi) is 5.99. The van der Waals surface area contributed by atoms with Crippen LogP contribution in [0.1, 0.15) is 55.3 Å². The Morgan fingerprint density at radius 3 is 2.82 bits per heavy atom. The number of nitriles is 1. The second-order valence-electron chi connectivity index (χ2n) is 8.65. The van der Waals surface area contributed by atoms with Crippen LogP contribution in [0.15, 0.2) is 42.6 Å². The number of hydrogen-bond donors (Lipinski definition) is 1. The summed E-state index contributed by atoms with van der Waals surface area (Å²) in [6.07, 6.45) is 4.33. The van der Waals surface area contributed by atoms with Crippen LogP contribution >= 0.6 is 0 Å². The molecule has 0 amide bonds. The Morgan fingerprint density at radius 1 is 1.21 bits per heavy atom. The minimum atomic E-state index is -0.372. The van der Waals surface area contributed by atoms with Crippen LogP contribution in [-0.2, 0) is 0 Å². The second-order valence-corrected chi connectivity index (χ2v) is 8.65. The van der Waals surface area contributed by atoms with E-state index in [2.05, 4.69) is 26.7 Å². The van der Waals surface area contributed by atoms with E-state index in [-0.39, 0.29) is 11.9 Å². The van der Waals surface area contributed by atoms with Gasteiger partial charge in [0.2, 0.25) is 5.88 Å². The molecule has 1 unspecified atom stereocenters. The Bertz CT molecular complexity index is 1340. The summed E-state index contributed by atoms with van der Waals surface area (Å²) in [7, 11) is 0. The summed E-state index contributed by atoms with van der Waals surface area (Å²) in [5, 5.41) is 22.0. The molecule has 8 nitrogen and oxygen atoms in total. The van der Waals surface area contributed by atoms with Crippen molar-refractivity contribution in [1.82, 2.24) is 29.7 Å². The molecule has 174 valence electrons. The summed E-state index contributed by atoms with van der Waals surface area (Å²) in [6, 6.07) is 12.4. The van der Waals surface area contributed by atoms with Crippen molar-refractivity contribution in [2.45, 2.75) is 45.3 Å². The number of rotatable bonds is 5. The maximum Gasteiger partial charge on any atom is 0.201 e. The predicted octanol–water partition coefficient (Wildman–Crippen LogP) is 4.37. The van der Waals surface area contributed by atoms with Gasteiger partial charge in [0.05, 0.1) is 17.9 Å². The van der Waals surface area contributed by atoms with Gasteiger partial charge in [0, 0.05) is 11.6 Å². The number of imidazole rings is 1. The highest BCUT2D eigenvalue weighted by atomic mass is 19.1. The fourth-order valence-corrected chi connectivity index (χ4v) is 4.56. The standard InChI is InChI=1S/C25H26FN7O/c1-16-25(30-31-33(16)21-4-3-10-28-11-9-21)19-12-23-29-15-22(14-27)32(23)24(13-19)34-17(2)18-5-7-20(26)8-6-18/h5-8,12-13,15,17,21,28H,3-4,9-11H2,1-2H3/t17-,21?/m1/s1. The first kappa shape index (κ1) is 22.0. The Morgan fingerprint density at radius 2 is 2.03 bits per heavy atom. The average Bonchev–Trinajstić information content (AvgIpc) is 3.32. The van der Waals surface area contributed by atoms with Crippen LogP contribution in [0.5, 0.6) is 5.88 Å². The molecule has 1 saturated heterocycles. The maximum absolute atomic E-state index is 13.4. The first-order valence-corrected chi connectivity index (χ1v) is 11.5. The second kappa shape index (κ2) is 9.23. The summed E-state index contributed by atoms with van der Waals surface area (Å²) >= 11 is 0. The third-order valence-corrected chi connectivity index (χ3v) is 6.42. The fraction of sp³-hybridized carbons (Fsp3) is 0.360. The zero-order valence-electron chi connectivity index (χ0n) is 19.2. The number of ether oxygens (including phenoxy) is 1. The van der Waals surface area contributed by atoms with E-state index in [0.29, 0.717) is 23.3 Å². The lowest BCUT2D eigenvalue weighted by Gasteiger charge is -2.18. The van der Waals surface area contributed by atoms with Gasteiger partial charge < -0.3 is 10.1 Å². The lowest BCUT2D eigenvalue weighted by atomic mass is 10.1. The molecule has 0 bridgehead atoms. The smallest absolute Gasteiger partial charge is 0.201 e. The molecule has 1 aromatic carbocycles. The molecule has 0 aliphatic carbocycles. The molecule has 1 fully saturated rings. The van der Waals surface area contributed by atoms with Crippen LogP contribution in [0.25, 0.3) is 16.9 Å². The monoisotopic (exact) mass is 459 g/mol. The molecule has 9 heteroatoms. The summed E-state index contributed by atoms with van der Waals surface area (Å²) in [4.78, 5) is 4.41. The van der Waals surface area contributed by atoms with Crippen molar-refractivity contribution in [1.29, 1.82) is 5.26 Å². The first-order chi connectivity index (χ1) is 16.5. The molecule has 0 radical (unpaired) electrons. The van der Waals surface area contributed by atoms with Gasteiger partial charge in [-0.3, -0.25) is 4.40 Å². The molecular weight excluding hydrogens is 433 g/mol. The van der Waals surface area contributed by atoms with Crippen LogP contribution in [0.4, 0.5) is 4.39 Å². The van der Waals surface area contributed by atoms with E-state index in [1.807, 2.05) is 30.7 Å². The van der Waals surface area contributed by atoms with Crippen molar-refractivity contribution >= 4 is 5.65 Å². The topological polar surface area (TPSA) is 93.1 Å². The van der Waals surface area contributed by atoms with Crippen LogP contribution < -0.4 is 10.1 Å². The fourth-order valence-electron chi connectivity index (χ4n) is 4.56. The van der Waals surface area contributed by atoms with Crippen molar-refractivity contribution in [3.63, 3.8) is 0 Å². The van der Waals surface area contributed by atoms with Gasteiger partial charge in [0.1, 0.15) is 35.0 Å². The zero-order valence-corrected chi connectivity index (χ0v) is 19.2. The molecule has 2 atom stereocenters. The van der Waals surface area contributed by atoms with Gasteiger partial charge in [-0.1, -0.05) is 17.3 Å². The Labute approximate surface area is 197 Å². The number of benzene rings is 1. The molecule has 4 aromatic rings. The van der Waals surface area contributed by atoms with E-state index in [0.717, 1.165) is 54.9 Å². The van der Waals surface area contributed by atoms with Gasteiger partial charge in [-0.2, -0.15) is 5.26 Å². The van der Waals surface area contributed by atoms with E-state index in [1.165, 1.54) is 18.3 Å². The lowest BCUT2D eigenvalue weighted by molar-refractivity contribution is 0.214. The van der Waals surface area contributed by atoms with Gasteiger partial charge in [-0.25, -0.2) is 14.1 Å². The summed E-state index contributed by atoms with van der Waals surface area (Å²) < 4.78 is 23.4. The zero-order chi connectivity index (χ0) is 23.7. The van der Waals surface area contributed by atoms with Crippen LogP contribution in [-0.4, -0.2) is 37.5 Å². The van der Waals surface area contributed by atoms with Gasteiger partial charge in [0.15, 0.2) is 0 Å². The van der Waals surface area contributed by atoms with Crippen molar-refractivity contribution in [3.05, 3.63) is 65.4 Å². The molecule has 1 aliphatic heterocycles. The van der Waals surface area contributed by atoms with Crippen molar-refractivity contribution in [2.75, 3.05) is 13.1 Å².